The number of morpholine rings is 1. The normalized spacial score (nSPS) is 16.5. The number of nitrogens with zero attached hydrogens (tertiary/aromatic N) is 3. The average Bonchev–Trinajstić information content (AvgIpc) is 2.99. The molecule has 3 rings (SSSR count). The topological polar surface area (TPSA) is 98.4 Å². The van der Waals surface area contributed by atoms with Crippen LogP contribution in [-0.4, -0.2) is 49.2 Å². The second-order valence-corrected chi connectivity index (χ2v) is 9.03. The molecule has 1 aliphatic rings. The summed E-state index contributed by atoms with van der Waals surface area (Å²) in [5.41, 5.74) is 6.46. The Balaban J connectivity index is 1.73. The lowest BCUT2D eigenvalue weighted by molar-refractivity contribution is 0.0730. The van der Waals surface area contributed by atoms with Crippen LogP contribution in [0, 0.1) is 0 Å². The monoisotopic (exact) mass is 372 g/mol. The number of hydrogen-bond donors (Lipinski definition) is 1. The smallest absolute Gasteiger partial charge is 0.243 e. The highest BCUT2D eigenvalue weighted by Gasteiger charge is 2.26. The first-order valence-corrected chi connectivity index (χ1v) is 10.2. The molecule has 1 aromatic carbocycles. The van der Waals surface area contributed by atoms with E-state index in [4.69, 9.17) is 10.5 Å². The largest absolute Gasteiger partial charge is 0.379 e. The number of nitrogen functional groups attached to an aromatic ring is 1. The van der Waals surface area contributed by atoms with Crippen molar-refractivity contribution >= 4 is 38.3 Å². The molecule has 0 radical (unpaired) electrons. The third-order valence-electron chi connectivity index (χ3n) is 3.29. The third kappa shape index (κ3) is 4.01. The molecule has 1 saturated heterocycles. The van der Waals surface area contributed by atoms with Crippen LogP contribution in [0.15, 0.2) is 33.5 Å². The van der Waals surface area contributed by atoms with Gasteiger partial charge >= 0.3 is 0 Å². The number of sulfonamides is 1. The summed E-state index contributed by atoms with van der Waals surface area (Å²) in [7, 11) is -3.46. The van der Waals surface area contributed by atoms with E-state index in [1.54, 1.807) is 18.2 Å². The molecule has 7 nitrogen and oxygen atoms in total. The Hall–Kier alpha value is -1.20. The van der Waals surface area contributed by atoms with Crippen LogP contribution in [0.1, 0.15) is 5.56 Å². The van der Waals surface area contributed by atoms with Crippen LogP contribution in [0.3, 0.4) is 0 Å². The van der Waals surface area contributed by atoms with Crippen molar-refractivity contribution in [1.82, 2.24) is 14.5 Å². The van der Waals surface area contributed by atoms with E-state index in [0.717, 1.165) is 9.90 Å². The fourth-order valence-corrected chi connectivity index (χ4v) is 5.21. The molecule has 10 heteroatoms. The van der Waals surface area contributed by atoms with Gasteiger partial charge in [0.15, 0.2) is 4.34 Å². The summed E-state index contributed by atoms with van der Waals surface area (Å²) < 4.78 is 32.7. The summed E-state index contributed by atoms with van der Waals surface area (Å²) in [6, 6.07) is 7.00. The zero-order chi connectivity index (χ0) is 16.3. The number of aromatic nitrogens is 2. The maximum Gasteiger partial charge on any atom is 0.243 e. The van der Waals surface area contributed by atoms with Crippen LogP contribution in [-0.2, 0) is 20.5 Å². The molecule has 0 unspecified atom stereocenters. The minimum atomic E-state index is -3.46. The van der Waals surface area contributed by atoms with Crippen molar-refractivity contribution in [2.45, 2.75) is 15.0 Å². The molecule has 0 bridgehead atoms. The summed E-state index contributed by atoms with van der Waals surface area (Å²) in [5, 5.41) is 8.13. The number of anilines is 1. The van der Waals surface area contributed by atoms with Gasteiger partial charge in [0.1, 0.15) is 0 Å². The van der Waals surface area contributed by atoms with Crippen molar-refractivity contribution in [2.75, 3.05) is 32.0 Å². The highest BCUT2D eigenvalue weighted by molar-refractivity contribution is 8.00. The van der Waals surface area contributed by atoms with E-state index < -0.39 is 10.0 Å². The fraction of sp³-hybridized carbons (Fsp3) is 0.385. The molecular formula is C13H16N4O3S3. The lowest BCUT2D eigenvalue weighted by Gasteiger charge is -2.26. The predicted molar refractivity (Wildman–Crippen MR) is 89.9 cm³/mol. The second-order valence-electron chi connectivity index (χ2n) is 4.86. The van der Waals surface area contributed by atoms with Crippen LogP contribution < -0.4 is 5.73 Å². The van der Waals surface area contributed by atoms with E-state index in [9.17, 15) is 8.42 Å². The first kappa shape index (κ1) is 16.7. The molecule has 0 aliphatic carbocycles. The molecule has 0 amide bonds. The van der Waals surface area contributed by atoms with E-state index >= 15 is 0 Å². The van der Waals surface area contributed by atoms with Crippen molar-refractivity contribution in [2.24, 2.45) is 0 Å². The molecule has 1 fully saturated rings. The standard InChI is InChI=1S/C13H16N4O3S3/c14-12-15-16-13(22-12)21-9-10-2-1-3-11(8-10)23(18,19)17-4-6-20-7-5-17/h1-3,8H,4-7,9H2,(H2,14,15). The van der Waals surface area contributed by atoms with Gasteiger partial charge in [-0.15, -0.1) is 10.2 Å². The van der Waals surface area contributed by atoms with Crippen LogP contribution in [0.4, 0.5) is 5.13 Å². The highest BCUT2D eigenvalue weighted by atomic mass is 32.2. The van der Waals surface area contributed by atoms with E-state index in [0.29, 0.717) is 42.1 Å². The fourth-order valence-electron chi connectivity index (χ4n) is 2.16. The van der Waals surface area contributed by atoms with Gasteiger partial charge < -0.3 is 10.5 Å². The van der Waals surface area contributed by atoms with Gasteiger partial charge in [-0.2, -0.15) is 4.31 Å². The number of rotatable bonds is 5. The quantitative estimate of drug-likeness (QED) is 0.793. The van der Waals surface area contributed by atoms with Gasteiger partial charge in [-0.3, -0.25) is 0 Å². The number of ether oxygens (including phenoxy) is 1. The average molecular weight is 372 g/mol. The van der Waals surface area contributed by atoms with Crippen molar-refractivity contribution in [1.29, 1.82) is 0 Å². The van der Waals surface area contributed by atoms with Gasteiger partial charge in [0.2, 0.25) is 15.2 Å². The zero-order valence-electron chi connectivity index (χ0n) is 12.2. The van der Waals surface area contributed by atoms with Crippen LogP contribution >= 0.6 is 23.1 Å². The molecule has 2 heterocycles. The number of nitrogens with two attached hydrogens (primary N) is 1. The SMILES string of the molecule is Nc1nnc(SCc2cccc(S(=O)(=O)N3CCOCC3)c2)s1. The minimum Gasteiger partial charge on any atom is -0.379 e. The summed E-state index contributed by atoms with van der Waals surface area (Å²) in [5.74, 6) is 0.612. The van der Waals surface area contributed by atoms with Gasteiger partial charge in [-0.1, -0.05) is 35.2 Å². The van der Waals surface area contributed by atoms with Gasteiger partial charge in [-0.05, 0) is 17.7 Å². The molecule has 2 N–H and O–H groups in total. The first-order chi connectivity index (χ1) is 11.1. The second kappa shape index (κ2) is 7.14. The molecular weight excluding hydrogens is 356 g/mol. The van der Waals surface area contributed by atoms with Crippen LogP contribution in [0.5, 0.6) is 0 Å². The molecule has 23 heavy (non-hydrogen) atoms. The third-order valence-corrected chi connectivity index (χ3v) is 7.14. The van der Waals surface area contributed by atoms with Crippen molar-refractivity contribution in [3.05, 3.63) is 29.8 Å². The van der Waals surface area contributed by atoms with E-state index in [2.05, 4.69) is 10.2 Å². The van der Waals surface area contributed by atoms with Crippen molar-refractivity contribution in [3.63, 3.8) is 0 Å². The molecule has 0 saturated carbocycles. The lowest BCUT2D eigenvalue weighted by atomic mass is 10.2. The Morgan fingerprint density at radius 1 is 1.30 bits per heavy atom. The molecule has 0 spiro atoms. The number of hydrogen-bond acceptors (Lipinski definition) is 8. The number of thioether (sulfide) groups is 1. The summed E-state index contributed by atoms with van der Waals surface area (Å²) in [4.78, 5) is 0.314. The maximum atomic E-state index is 12.6. The van der Waals surface area contributed by atoms with Gasteiger partial charge in [0.25, 0.3) is 0 Å². The van der Waals surface area contributed by atoms with Crippen LogP contribution in [0.2, 0.25) is 0 Å². The van der Waals surface area contributed by atoms with Crippen molar-refractivity contribution in [3.8, 4) is 0 Å². The summed E-state index contributed by atoms with van der Waals surface area (Å²) >= 11 is 2.80. The minimum absolute atomic E-state index is 0.314. The maximum absolute atomic E-state index is 12.6. The Labute approximate surface area is 142 Å². The first-order valence-electron chi connectivity index (χ1n) is 6.94. The highest BCUT2D eigenvalue weighted by Crippen LogP contribution is 2.28. The molecule has 1 aromatic heterocycles. The van der Waals surface area contributed by atoms with E-state index in [1.807, 2.05) is 6.07 Å². The summed E-state index contributed by atoms with van der Waals surface area (Å²) in [6.07, 6.45) is 0. The van der Waals surface area contributed by atoms with Gasteiger partial charge in [-0.25, -0.2) is 8.42 Å². The molecule has 2 aromatic rings. The lowest BCUT2D eigenvalue weighted by Crippen LogP contribution is -2.40. The number of benzene rings is 1. The van der Waals surface area contributed by atoms with Gasteiger partial charge in [0, 0.05) is 18.8 Å². The van der Waals surface area contributed by atoms with E-state index in [-0.39, 0.29) is 0 Å². The Morgan fingerprint density at radius 2 is 2.09 bits per heavy atom. The summed E-state index contributed by atoms with van der Waals surface area (Å²) in [6.45, 7) is 1.66. The molecule has 0 atom stereocenters. The van der Waals surface area contributed by atoms with Crippen LogP contribution in [0.25, 0.3) is 0 Å². The Morgan fingerprint density at radius 3 is 2.78 bits per heavy atom. The predicted octanol–water partition coefficient (Wildman–Crippen LogP) is 1.43. The Bertz CT molecular complexity index is 772. The van der Waals surface area contributed by atoms with Gasteiger partial charge in [0.05, 0.1) is 18.1 Å². The van der Waals surface area contributed by atoms with Crippen molar-refractivity contribution < 1.29 is 13.2 Å². The molecule has 124 valence electrons. The Kier molecular flexibility index (Phi) is 5.17. The van der Waals surface area contributed by atoms with E-state index in [1.165, 1.54) is 27.4 Å². The molecule has 1 aliphatic heterocycles. The zero-order valence-corrected chi connectivity index (χ0v) is 14.7.